The lowest BCUT2D eigenvalue weighted by molar-refractivity contribution is -0.129. The molecule has 2 rings (SSSR count). The molecule has 0 aliphatic carbocycles. The van der Waals surface area contributed by atoms with Crippen molar-refractivity contribution in [2.45, 2.75) is 6.42 Å². The molecule has 0 fully saturated rings. The molecule has 0 unspecified atom stereocenters. The number of halogens is 1. The molecule has 0 aromatic heterocycles. The summed E-state index contributed by atoms with van der Waals surface area (Å²) in [6, 6.07) is 3.62. The van der Waals surface area contributed by atoms with E-state index in [0.717, 1.165) is 11.1 Å². The molecular weight excluding hydrogens is 300 g/mol. The number of likely N-dealkylation sites (N-methyl/N-ethyl adjacent to an activating group) is 1. The monoisotopic (exact) mass is 312 g/mol. The van der Waals surface area contributed by atoms with E-state index in [1.165, 1.54) is 5.01 Å². The second-order valence-corrected chi connectivity index (χ2v) is 4.60. The van der Waals surface area contributed by atoms with E-state index < -0.39 is 0 Å². The lowest BCUT2D eigenvalue weighted by Gasteiger charge is -2.11. The zero-order chi connectivity index (χ0) is 13.3. The summed E-state index contributed by atoms with van der Waals surface area (Å²) in [4.78, 5) is 11.8. The summed E-state index contributed by atoms with van der Waals surface area (Å²) in [5.41, 5.74) is 1.70. The number of benzene rings is 1. The Labute approximate surface area is 113 Å². The zero-order valence-electron chi connectivity index (χ0n) is 10.4. The highest BCUT2D eigenvalue weighted by Gasteiger charge is 2.21. The van der Waals surface area contributed by atoms with Gasteiger partial charge >= 0.3 is 0 Å². The largest absolute Gasteiger partial charge is 0.493 e. The van der Waals surface area contributed by atoms with Crippen LogP contribution in [0.1, 0.15) is 11.1 Å². The highest BCUT2D eigenvalue weighted by atomic mass is 79.9. The van der Waals surface area contributed by atoms with Crippen molar-refractivity contribution in [2.75, 3.05) is 21.3 Å². The van der Waals surface area contributed by atoms with Gasteiger partial charge in [-0.15, -0.1) is 0 Å². The minimum absolute atomic E-state index is 0.0714. The van der Waals surface area contributed by atoms with E-state index >= 15 is 0 Å². The highest BCUT2D eigenvalue weighted by molar-refractivity contribution is 9.18. The van der Waals surface area contributed by atoms with Crippen molar-refractivity contribution in [2.24, 2.45) is 5.10 Å². The van der Waals surface area contributed by atoms with Gasteiger partial charge in [-0.05, 0) is 33.6 Å². The maximum absolute atomic E-state index is 11.8. The maximum Gasteiger partial charge on any atom is 0.246 e. The molecule has 1 amide bonds. The van der Waals surface area contributed by atoms with Gasteiger partial charge in [0, 0.05) is 12.6 Å². The normalized spacial score (nSPS) is 14.8. The zero-order valence-corrected chi connectivity index (χ0v) is 11.9. The molecule has 6 heteroatoms. The van der Waals surface area contributed by atoms with Crippen LogP contribution in [-0.4, -0.2) is 36.8 Å². The second kappa shape index (κ2) is 4.97. The van der Waals surface area contributed by atoms with Crippen LogP contribution in [0.3, 0.4) is 0 Å². The number of nitrogens with zero attached hydrogens (tertiary/aromatic N) is 2. The predicted octanol–water partition coefficient (Wildman–Crippen LogP) is 1.77. The minimum Gasteiger partial charge on any atom is -0.493 e. The van der Waals surface area contributed by atoms with Crippen LogP contribution in [0, 0.1) is 0 Å². The van der Waals surface area contributed by atoms with Crippen LogP contribution in [0.5, 0.6) is 11.5 Å². The summed E-state index contributed by atoms with van der Waals surface area (Å²) in [7, 11) is 4.77. The third-order valence-electron chi connectivity index (χ3n) is 2.77. The molecule has 1 aliphatic heterocycles. The summed E-state index contributed by atoms with van der Waals surface area (Å²) < 4.78 is 11.1. The topological polar surface area (TPSA) is 51.1 Å². The van der Waals surface area contributed by atoms with E-state index in [0.29, 0.717) is 16.1 Å². The van der Waals surface area contributed by atoms with Gasteiger partial charge in [0.2, 0.25) is 5.91 Å². The number of carbonyl (C=O) groups is 1. The van der Waals surface area contributed by atoms with Crippen molar-refractivity contribution in [1.29, 1.82) is 0 Å². The van der Waals surface area contributed by atoms with Crippen molar-refractivity contribution in [1.82, 2.24) is 5.01 Å². The first-order chi connectivity index (χ1) is 8.56. The highest BCUT2D eigenvalue weighted by Crippen LogP contribution is 2.33. The van der Waals surface area contributed by atoms with Crippen molar-refractivity contribution in [3.63, 3.8) is 0 Å². The van der Waals surface area contributed by atoms with Crippen LogP contribution < -0.4 is 9.47 Å². The molecule has 1 heterocycles. The van der Waals surface area contributed by atoms with Crippen LogP contribution in [-0.2, 0) is 11.2 Å². The molecular formula is C12H13BrN2O3. The van der Waals surface area contributed by atoms with E-state index in [-0.39, 0.29) is 12.3 Å². The van der Waals surface area contributed by atoms with Crippen LogP contribution in [0.4, 0.5) is 0 Å². The molecule has 0 radical (unpaired) electrons. The molecule has 1 aromatic carbocycles. The fourth-order valence-corrected chi connectivity index (χ4v) is 2.39. The fourth-order valence-electron chi connectivity index (χ4n) is 1.78. The lowest BCUT2D eigenvalue weighted by atomic mass is 10.0. The Morgan fingerprint density at radius 1 is 1.28 bits per heavy atom. The third kappa shape index (κ3) is 2.20. The molecule has 0 bridgehead atoms. The number of hydrogen-bond donors (Lipinski definition) is 0. The van der Waals surface area contributed by atoms with Gasteiger partial charge < -0.3 is 9.47 Å². The molecule has 18 heavy (non-hydrogen) atoms. The van der Waals surface area contributed by atoms with Crippen molar-refractivity contribution in [3.8, 4) is 11.5 Å². The maximum atomic E-state index is 11.8. The second-order valence-electron chi connectivity index (χ2n) is 3.85. The van der Waals surface area contributed by atoms with Gasteiger partial charge in [0.05, 0.1) is 20.6 Å². The molecule has 0 saturated heterocycles. The molecule has 1 aromatic rings. The number of carbonyl (C=O) groups excluding carboxylic acids is 1. The number of methoxy groups -OCH3 is 2. The van der Waals surface area contributed by atoms with Crippen LogP contribution >= 0.6 is 15.9 Å². The Bertz CT molecular complexity index is 528. The molecule has 0 saturated carbocycles. The number of hydrogen-bond acceptors (Lipinski definition) is 4. The van der Waals surface area contributed by atoms with Gasteiger partial charge in [0.1, 0.15) is 4.62 Å². The predicted molar refractivity (Wildman–Crippen MR) is 71.5 cm³/mol. The number of fused-ring (bicyclic) bond motifs is 1. The number of hydrazone groups is 1. The first kappa shape index (κ1) is 12.9. The van der Waals surface area contributed by atoms with Crippen molar-refractivity contribution < 1.29 is 14.3 Å². The van der Waals surface area contributed by atoms with Gasteiger partial charge in [0.15, 0.2) is 11.5 Å². The smallest absolute Gasteiger partial charge is 0.246 e. The summed E-state index contributed by atoms with van der Waals surface area (Å²) in [6.07, 6.45) is 0.283. The Morgan fingerprint density at radius 2 is 1.89 bits per heavy atom. The van der Waals surface area contributed by atoms with E-state index in [1.807, 2.05) is 12.1 Å². The summed E-state index contributed by atoms with van der Waals surface area (Å²) in [5.74, 6) is 1.15. The van der Waals surface area contributed by atoms with Gasteiger partial charge in [-0.3, -0.25) is 4.79 Å². The quantitative estimate of drug-likeness (QED) is 0.836. The number of amides is 1. The SMILES string of the molecule is COc1cc2c(cc1OC)C(Br)=NN(C)C(=O)C2. The first-order valence-electron chi connectivity index (χ1n) is 5.32. The van der Waals surface area contributed by atoms with E-state index in [1.54, 1.807) is 21.3 Å². The average molecular weight is 313 g/mol. The Balaban J connectivity index is 2.60. The molecule has 96 valence electrons. The van der Waals surface area contributed by atoms with Gasteiger partial charge in [0.25, 0.3) is 0 Å². The van der Waals surface area contributed by atoms with Crippen LogP contribution in [0.15, 0.2) is 17.2 Å². The van der Waals surface area contributed by atoms with E-state index in [9.17, 15) is 4.79 Å². The van der Waals surface area contributed by atoms with Crippen LogP contribution in [0.2, 0.25) is 0 Å². The van der Waals surface area contributed by atoms with Gasteiger partial charge in [-0.2, -0.15) is 5.10 Å². The van der Waals surface area contributed by atoms with Gasteiger partial charge in [-0.1, -0.05) is 0 Å². The summed E-state index contributed by atoms with van der Waals surface area (Å²) >= 11 is 3.37. The molecule has 5 nitrogen and oxygen atoms in total. The van der Waals surface area contributed by atoms with Crippen LogP contribution in [0.25, 0.3) is 0 Å². The van der Waals surface area contributed by atoms with Crippen molar-refractivity contribution >= 4 is 26.5 Å². The standard InChI is InChI=1S/C12H13BrN2O3/c1-15-11(16)5-7-4-9(17-2)10(18-3)6-8(7)12(13)14-15/h4,6H,5H2,1-3H3. The van der Waals surface area contributed by atoms with Gasteiger partial charge in [-0.25, -0.2) is 5.01 Å². The lowest BCUT2D eigenvalue weighted by Crippen LogP contribution is -2.21. The number of rotatable bonds is 2. The molecule has 0 spiro atoms. The Hall–Kier alpha value is -1.56. The molecule has 0 atom stereocenters. The first-order valence-corrected chi connectivity index (χ1v) is 6.12. The molecule has 0 N–H and O–H groups in total. The summed E-state index contributed by atoms with van der Waals surface area (Å²) in [5, 5.41) is 5.47. The molecule has 1 aliphatic rings. The van der Waals surface area contributed by atoms with Crippen molar-refractivity contribution in [3.05, 3.63) is 23.3 Å². The van der Waals surface area contributed by atoms with E-state index in [4.69, 9.17) is 9.47 Å². The Morgan fingerprint density at radius 3 is 2.50 bits per heavy atom. The Kier molecular flexibility index (Phi) is 3.56. The fraction of sp³-hybridized carbons (Fsp3) is 0.333. The number of ether oxygens (including phenoxy) is 2. The third-order valence-corrected chi connectivity index (χ3v) is 3.36. The van der Waals surface area contributed by atoms with E-state index in [2.05, 4.69) is 21.0 Å². The minimum atomic E-state index is -0.0714. The summed E-state index contributed by atoms with van der Waals surface area (Å²) in [6.45, 7) is 0. The average Bonchev–Trinajstić information content (AvgIpc) is 2.46.